The molecule has 2 N–H and O–H groups in total. The predicted octanol–water partition coefficient (Wildman–Crippen LogP) is 2.69. The Kier molecular flexibility index (Phi) is 5.58. The van der Waals surface area contributed by atoms with Gasteiger partial charge in [-0.3, -0.25) is 4.79 Å². The molecular weight excluding hydrogens is 282 g/mol. The number of aryl methyl sites for hydroxylation is 2. The average Bonchev–Trinajstić information content (AvgIpc) is 2.38. The Morgan fingerprint density at radius 3 is 2.27 bits per heavy atom. The average molecular weight is 307 g/mol. The predicted molar refractivity (Wildman–Crippen MR) is 85.0 cm³/mol. The molecule has 0 heterocycles. The number of aliphatic carboxylic acids is 1. The van der Waals surface area contributed by atoms with E-state index in [9.17, 15) is 9.59 Å². The minimum absolute atomic E-state index is 0.210. The largest absolute Gasteiger partial charge is 0.480 e. The van der Waals surface area contributed by atoms with Crippen LogP contribution in [-0.2, 0) is 9.59 Å². The van der Waals surface area contributed by atoms with Crippen LogP contribution in [0.2, 0.25) is 0 Å². The van der Waals surface area contributed by atoms with Gasteiger partial charge in [-0.1, -0.05) is 31.5 Å². The molecule has 1 aromatic rings. The molecule has 1 unspecified atom stereocenters. The van der Waals surface area contributed by atoms with Gasteiger partial charge in [0.15, 0.2) is 5.60 Å². The van der Waals surface area contributed by atoms with Crippen molar-refractivity contribution in [2.45, 2.75) is 53.2 Å². The van der Waals surface area contributed by atoms with Crippen LogP contribution in [0.15, 0.2) is 18.2 Å². The number of benzene rings is 1. The normalized spacial score (nSPS) is 12.9. The molecule has 0 spiro atoms. The van der Waals surface area contributed by atoms with Crippen LogP contribution >= 0.6 is 0 Å². The van der Waals surface area contributed by atoms with Crippen molar-refractivity contribution in [2.75, 3.05) is 0 Å². The highest BCUT2D eigenvalue weighted by atomic mass is 16.5. The number of carboxylic acids is 1. The van der Waals surface area contributed by atoms with Gasteiger partial charge in [0.25, 0.3) is 5.91 Å². The second-order valence-corrected chi connectivity index (χ2v) is 6.41. The minimum Gasteiger partial charge on any atom is -0.480 e. The summed E-state index contributed by atoms with van der Waals surface area (Å²) in [6.45, 7) is 10.6. The fourth-order valence-corrected chi connectivity index (χ4v) is 2.06. The van der Waals surface area contributed by atoms with Gasteiger partial charge in [0.2, 0.25) is 0 Å². The van der Waals surface area contributed by atoms with Crippen molar-refractivity contribution in [1.82, 2.24) is 5.32 Å². The summed E-state index contributed by atoms with van der Waals surface area (Å²) in [6, 6.07) is 4.76. The smallest absolute Gasteiger partial charge is 0.326 e. The number of ether oxygens (including phenoxy) is 1. The molecule has 0 bridgehead atoms. The van der Waals surface area contributed by atoms with Crippen molar-refractivity contribution in [3.8, 4) is 5.75 Å². The standard InChI is InChI=1S/C17H25NO4/c1-10(2)14(15(19)20)18-16(21)17(5,6)22-13-8-7-11(3)9-12(13)4/h7-10,14H,1-6H3,(H,18,21)(H,19,20). The number of nitrogens with one attached hydrogen (secondary N) is 1. The van der Waals surface area contributed by atoms with Crippen molar-refractivity contribution in [3.63, 3.8) is 0 Å². The third kappa shape index (κ3) is 4.48. The summed E-state index contributed by atoms with van der Waals surface area (Å²) in [7, 11) is 0. The second-order valence-electron chi connectivity index (χ2n) is 6.41. The molecule has 1 amide bonds. The maximum atomic E-state index is 12.4. The molecule has 0 aliphatic heterocycles. The molecule has 0 aliphatic rings. The topological polar surface area (TPSA) is 75.6 Å². The molecule has 5 heteroatoms. The van der Waals surface area contributed by atoms with E-state index < -0.39 is 23.5 Å². The molecule has 122 valence electrons. The third-order valence-corrected chi connectivity index (χ3v) is 3.46. The Labute approximate surface area is 131 Å². The van der Waals surface area contributed by atoms with E-state index in [1.807, 2.05) is 32.0 Å². The zero-order valence-corrected chi connectivity index (χ0v) is 14.1. The number of carbonyl (C=O) groups excluding carboxylic acids is 1. The summed E-state index contributed by atoms with van der Waals surface area (Å²) in [5, 5.41) is 11.7. The third-order valence-electron chi connectivity index (χ3n) is 3.46. The maximum Gasteiger partial charge on any atom is 0.326 e. The van der Waals surface area contributed by atoms with Gasteiger partial charge in [-0.2, -0.15) is 0 Å². The molecule has 1 atom stereocenters. The fourth-order valence-electron chi connectivity index (χ4n) is 2.06. The van der Waals surface area contributed by atoms with Crippen LogP contribution in [0.5, 0.6) is 5.75 Å². The van der Waals surface area contributed by atoms with E-state index in [1.165, 1.54) is 0 Å². The van der Waals surface area contributed by atoms with Gasteiger partial charge in [-0.15, -0.1) is 0 Å². The number of carboxylic acid groups (broad SMARTS) is 1. The first-order valence-corrected chi connectivity index (χ1v) is 7.34. The van der Waals surface area contributed by atoms with E-state index in [-0.39, 0.29) is 5.92 Å². The highest BCUT2D eigenvalue weighted by Gasteiger charge is 2.34. The van der Waals surface area contributed by atoms with E-state index in [2.05, 4.69) is 5.32 Å². The van der Waals surface area contributed by atoms with Crippen LogP contribution in [0.25, 0.3) is 0 Å². The lowest BCUT2D eigenvalue weighted by Crippen LogP contribution is -2.53. The van der Waals surface area contributed by atoms with Gasteiger partial charge >= 0.3 is 5.97 Å². The number of rotatable bonds is 6. The number of hydrogen-bond donors (Lipinski definition) is 2. The van der Waals surface area contributed by atoms with Crippen LogP contribution in [-0.4, -0.2) is 28.6 Å². The monoisotopic (exact) mass is 307 g/mol. The summed E-state index contributed by atoms with van der Waals surface area (Å²) in [6.07, 6.45) is 0. The molecule has 0 fully saturated rings. The van der Waals surface area contributed by atoms with Crippen molar-refractivity contribution in [3.05, 3.63) is 29.3 Å². The number of carbonyl (C=O) groups is 2. The first kappa shape index (κ1) is 18.0. The van der Waals surface area contributed by atoms with Crippen LogP contribution < -0.4 is 10.1 Å². The SMILES string of the molecule is Cc1ccc(OC(C)(C)C(=O)NC(C(=O)O)C(C)C)c(C)c1. The van der Waals surface area contributed by atoms with Gasteiger partial charge < -0.3 is 15.2 Å². The summed E-state index contributed by atoms with van der Waals surface area (Å²) in [5.41, 5.74) is 0.875. The van der Waals surface area contributed by atoms with Crippen molar-refractivity contribution >= 4 is 11.9 Å². The second kappa shape index (κ2) is 6.81. The van der Waals surface area contributed by atoms with E-state index in [4.69, 9.17) is 9.84 Å². The van der Waals surface area contributed by atoms with Gasteiger partial charge in [0, 0.05) is 0 Å². The Bertz CT molecular complexity index is 564. The first-order chi connectivity index (χ1) is 10.0. The molecule has 5 nitrogen and oxygen atoms in total. The minimum atomic E-state index is -1.16. The fraction of sp³-hybridized carbons (Fsp3) is 0.529. The highest BCUT2D eigenvalue weighted by Crippen LogP contribution is 2.24. The van der Waals surface area contributed by atoms with Crippen molar-refractivity contribution < 1.29 is 19.4 Å². The maximum absolute atomic E-state index is 12.4. The number of amides is 1. The van der Waals surface area contributed by atoms with E-state index in [0.717, 1.165) is 11.1 Å². The molecular formula is C17H25NO4. The molecule has 0 saturated heterocycles. The zero-order valence-electron chi connectivity index (χ0n) is 14.1. The van der Waals surface area contributed by atoms with Gasteiger partial charge in [0.05, 0.1) is 0 Å². The summed E-state index contributed by atoms with van der Waals surface area (Å²) < 4.78 is 5.80. The molecule has 0 aliphatic carbocycles. The van der Waals surface area contributed by atoms with Gasteiger partial charge in [-0.05, 0) is 45.2 Å². The Hall–Kier alpha value is -2.04. The van der Waals surface area contributed by atoms with Gasteiger partial charge in [-0.25, -0.2) is 4.79 Å². The quantitative estimate of drug-likeness (QED) is 0.847. The Morgan fingerprint density at radius 2 is 1.82 bits per heavy atom. The van der Waals surface area contributed by atoms with Crippen LogP contribution in [0, 0.1) is 19.8 Å². The lowest BCUT2D eigenvalue weighted by molar-refractivity contribution is -0.146. The number of hydrogen-bond acceptors (Lipinski definition) is 3. The Balaban J connectivity index is 2.88. The molecule has 0 radical (unpaired) electrons. The van der Waals surface area contributed by atoms with Crippen molar-refractivity contribution in [2.24, 2.45) is 5.92 Å². The lowest BCUT2D eigenvalue weighted by Gasteiger charge is -2.29. The summed E-state index contributed by atoms with van der Waals surface area (Å²) in [4.78, 5) is 23.6. The zero-order chi connectivity index (χ0) is 17.1. The van der Waals surface area contributed by atoms with Crippen molar-refractivity contribution in [1.29, 1.82) is 0 Å². The van der Waals surface area contributed by atoms with E-state index in [0.29, 0.717) is 5.75 Å². The highest BCUT2D eigenvalue weighted by molar-refractivity contribution is 5.89. The molecule has 22 heavy (non-hydrogen) atoms. The lowest BCUT2D eigenvalue weighted by atomic mass is 10.0. The molecule has 0 aromatic heterocycles. The molecule has 1 rings (SSSR count). The summed E-state index contributed by atoms with van der Waals surface area (Å²) >= 11 is 0. The van der Waals surface area contributed by atoms with E-state index in [1.54, 1.807) is 27.7 Å². The molecule has 0 saturated carbocycles. The molecule has 1 aromatic carbocycles. The van der Waals surface area contributed by atoms with Gasteiger partial charge in [0.1, 0.15) is 11.8 Å². The van der Waals surface area contributed by atoms with E-state index >= 15 is 0 Å². The van der Waals surface area contributed by atoms with Crippen LogP contribution in [0.4, 0.5) is 0 Å². The first-order valence-electron chi connectivity index (χ1n) is 7.34. The van der Waals surface area contributed by atoms with Crippen LogP contribution in [0.1, 0.15) is 38.8 Å². The Morgan fingerprint density at radius 1 is 1.23 bits per heavy atom. The summed E-state index contributed by atoms with van der Waals surface area (Å²) in [5.74, 6) is -1.10. The van der Waals surface area contributed by atoms with Crippen LogP contribution in [0.3, 0.4) is 0 Å².